The third kappa shape index (κ3) is 3.81. The third-order valence-corrected chi connectivity index (χ3v) is 6.76. The first-order valence-electron chi connectivity index (χ1n) is 10.9. The summed E-state index contributed by atoms with van der Waals surface area (Å²) in [5.41, 5.74) is 2.30. The molecule has 164 valence electrons. The molecule has 0 radical (unpaired) electrons. The van der Waals surface area contributed by atoms with Crippen molar-refractivity contribution in [2.75, 3.05) is 0 Å². The van der Waals surface area contributed by atoms with Gasteiger partial charge in [0.05, 0.1) is 5.92 Å². The van der Waals surface area contributed by atoms with Crippen molar-refractivity contribution >= 4 is 27.5 Å². The van der Waals surface area contributed by atoms with Crippen molar-refractivity contribution in [3.8, 4) is 5.75 Å². The summed E-state index contributed by atoms with van der Waals surface area (Å²) in [6.45, 7) is 0.0459. The molecule has 0 N–H and O–H groups in total. The SMILES string of the molecule is O=C1CCCC2=C1C(c1cc(Br)ccc1OCc1ccccc1F)C1=C(CCCC1=O)O2. The van der Waals surface area contributed by atoms with Gasteiger partial charge in [-0.3, -0.25) is 9.59 Å². The van der Waals surface area contributed by atoms with E-state index in [9.17, 15) is 14.0 Å². The highest BCUT2D eigenvalue weighted by atomic mass is 79.9. The Hall–Kier alpha value is -2.73. The number of benzene rings is 2. The lowest BCUT2D eigenvalue weighted by atomic mass is 9.73. The van der Waals surface area contributed by atoms with Crippen LogP contribution in [0.5, 0.6) is 5.75 Å². The summed E-state index contributed by atoms with van der Waals surface area (Å²) in [4.78, 5) is 26.1. The summed E-state index contributed by atoms with van der Waals surface area (Å²) >= 11 is 3.53. The first-order valence-corrected chi connectivity index (χ1v) is 11.7. The van der Waals surface area contributed by atoms with Crippen LogP contribution in [0.3, 0.4) is 0 Å². The Labute approximate surface area is 194 Å². The largest absolute Gasteiger partial charge is 0.488 e. The molecule has 5 rings (SSSR count). The normalized spacial score (nSPS) is 18.9. The van der Waals surface area contributed by atoms with Crippen molar-refractivity contribution in [3.63, 3.8) is 0 Å². The number of halogens is 2. The lowest BCUT2D eigenvalue weighted by Crippen LogP contribution is -2.30. The Morgan fingerprint density at radius 2 is 1.59 bits per heavy atom. The Kier molecular flexibility index (Phi) is 5.72. The standard InChI is InChI=1S/C26H22BrFO4/c27-16-11-12-21(31-14-15-5-1-2-6-18(15)28)17(13-16)24-25-19(29)7-3-9-22(25)32-23-10-4-8-20(30)26(23)24/h1-2,5-6,11-13,24H,3-4,7-10,14H2. The van der Waals surface area contributed by atoms with E-state index in [4.69, 9.17) is 9.47 Å². The molecule has 0 spiro atoms. The number of ketones is 2. The molecule has 1 aliphatic heterocycles. The number of hydrogen-bond acceptors (Lipinski definition) is 4. The molecular weight excluding hydrogens is 475 g/mol. The number of hydrogen-bond donors (Lipinski definition) is 0. The Morgan fingerprint density at radius 1 is 0.938 bits per heavy atom. The highest BCUT2D eigenvalue weighted by Crippen LogP contribution is 2.50. The van der Waals surface area contributed by atoms with Crippen LogP contribution < -0.4 is 4.74 Å². The molecule has 3 aliphatic rings. The number of allylic oxidation sites excluding steroid dienone is 4. The predicted molar refractivity (Wildman–Crippen MR) is 120 cm³/mol. The molecule has 0 saturated heterocycles. The smallest absolute Gasteiger partial charge is 0.163 e. The molecule has 0 atom stereocenters. The summed E-state index contributed by atoms with van der Waals surface area (Å²) in [5, 5.41) is 0. The maximum atomic E-state index is 14.1. The molecule has 0 amide bonds. The van der Waals surface area contributed by atoms with E-state index in [1.54, 1.807) is 24.3 Å². The van der Waals surface area contributed by atoms with Crippen molar-refractivity contribution in [3.05, 3.63) is 86.5 Å². The van der Waals surface area contributed by atoms with Crippen LogP contribution in [0.2, 0.25) is 0 Å². The zero-order chi connectivity index (χ0) is 22.2. The van der Waals surface area contributed by atoms with Crippen molar-refractivity contribution < 1.29 is 23.5 Å². The second-order valence-electron chi connectivity index (χ2n) is 8.32. The Morgan fingerprint density at radius 3 is 2.25 bits per heavy atom. The molecule has 0 aromatic heterocycles. The average molecular weight is 497 g/mol. The van der Waals surface area contributed by atoms with E-state index in [1.165, 1.54) is 6.07 Å². The van der Waals surface area contributed by atoms with Crippen LogP contribution in [-0.2, 0) is 20.9 Å². The summed E-state index contributed by atoms with van der Waals surface area (Å²) in [6, 6.07) is 12.0. The first-order chi connectivity index (χ1) is 15.5. The van der Waals surface area contributed by atoms with Crippen LogP contribution >= 0.6 is 15.9 Å². The van der Waals surface area contributed by atoms with Gasteiger partial charge in [-0.1, -0.05) is 34.1 Å². The molecule has 4 nitrogen and oxygen atoms in total. The molecule has 0 saturated carbocycles. The number of ether oxygens (including phenoxy) is 2. The average Bonchev–Trinajstić information content (AvgIpc) is 2.78. The van der Waals surface area contributed by atoms with Gasteiger partial charge in [0, 0.05) is 52.4 Å². The van der Waals surface area contributed by atoms with Crippen LogP contribution in [0, 0.1) is 5.82 Å². The van der Waals surface area contributed by atoms with Crippen LogP contribution in [0.15, 0.2) is 69.6 Å². The highest BCUT2D eigenvalue weighted by Gasteiger charge is 2.42. The van der Waals surface area contributed by atoms with Crippen molar-refractivity contribution in [1.82, 2.24) is 0 Å². The lowest BCUT2D eigenvalue weighted by molar-refractivity contribution is -0.117. The zero-order valence-electron chi connectivity index (χ0n) is 17.5. The zero-order valence-corrected chi connectivity index (χ0v) is 19.0. The van der Waals surface area contributed by atoms with Gasteiger partial charge < -0.3 is 9.47 Å². The van der Waals surface area contributed by atoms with E-state index in [-0.39, 0.29) is 24.0 Å². The van der Waals surface area contributed by atoms with Crippen molar-refractivity contribution in [2.45, 2.75) is 51.0 Å². The summed E-state index contributed by atoms with van der Waals surface area (Å²) in [5.74, 6) is 1.06. The minimum atomic E-state index is -0.525. The second kappa shape index (κ2) is 8.66. The molecule has 2 aromatic carbocycles. The number of Topliss-reactive ketones (excluding diaryl/α,β-unsaturated/α-hetero) is 2. The van der Waals surface area contributed by atoms with E-state index < -0.39 is 5.92 Å². The minimum absolute atomic E-state index is 0.0150. The van der Waals surface area contributed by atoms with Crippen LogP contribution in [0.4, 0.5) is 4.39 Å². The van der Waals surface area contributed by atoms with E-state index in [0.29, 0.717) is 59.7 Å². The highest BCUT2D eigenvalue weighted by molar-refractivity contribution is 9.10. The fourth-order valence-electron chi connectivity index (χ4n) is 4.78. The fourth-order valence-corrected chi connectivity index (χ4v) is 5.15. The van der Waals surface area contributed by atoms with Gasteiger partial charge in [0.15, 0.2) is 11.6 Å². The van der Waals surface area contributed by atoms with Gasteiger partial charge in [0.2, 0.25) is 0 Å². The third-order valence-electron chi connectivity index (χ3n) is 6.26. The van der Waals surface area contributed by atoms with Gasteiger partial charge >= 0.3 is 0 Å². The van der Waals surface area contributed by atoms with Gasteiger partial charge in [-0.15, -0.1) is 0 Å². The summed E-state index contributed by atoms with van der Waals surface area (Å²) in [6.07, 6.45) is 3.74. The molecule has 0 fully saturated rings. The van der Waals surface area contributed by atoms with E-state index in [0.717, 1.165) is 22.9 Å². The van der Waals surface area contributed by atoms with Crippen LogP contribution in [0.25, 0.3) is 0 Å². The van der Waals surface area contributed by atoms with Gasteiger partial charge in [-0.2, -0.15) is 0 Å². The van der Waals surface area contributed by atoms with Gasteiger partial charge in [-0.25, -0.2) is 4.39 Å². The Balaban J connectivity index is 1.61. The predicted octanol–water partition coefficient (Wildman–Crippen LogP) is 6.30. The molecule has 2 aromatic rings. The molecule has 6 heteroatoms. The number of carbonyl (C=O) groups excluding carboxylic acids is 2. The van der Waals surface area contributed by atoms with Gasteiger partial charge in [0.25, 0.3) is 0 Å². The maximum Gasteiger partial charge on any atom is 0.163 e. The number of rotatable bonds is 4. The summed E-state index contributed by atoms with van der Waals surface area (Å²) in [7, 11) is 0. The number of carbonyl (C=O) groups is 2. The van der Waals surface area contributed by atoms with Crippen LogP contribution in [0.1, 0.15) is 55.6 Å². The molecule has 2 aliphatic carbocycles. The van der Waals surface area contributed by atoms with E-state index in [1.807, 2.05) is 12.1 Å². The van der Waals surface area contributed by atoms with Crippen molar-refractivity contribution in [2.24, 2.45) is 0 Å². The van der Waals surface area contributed by atoms with E-state index in [2.05, 4.69) is 15.9 Å². The van der Waals surface area contributed by atoms with Gasteiger partial charge in [-0.05, 0) is 37.1 Å². The summed E-state index contributed by atoms with van der Waals surface area (Å²) < 4.78 is 27.2. The quantitative estimate of drug-likeness (QED) is 0.498. The second-order valence-corrected chi connectivity index (χ2v) is 9.24. The maximum absolute atomic E-state index is 14.1. The molecule has 0 unspecified atom stereocenters. The molecule has 0 bridgehead atoms. The van der Waals surface area contributed by atoms with E-state index >= 15 is 0 Å². The minimum Gasteiger partial charge on any atom is -0.488 e. The molecule has 1 heterocycles. The fraction of sp³-hybridized carbons (Fsp3) is 0.308. The monoisotopic (exact) mass is 496 g/mol. The van der Waals surface area contributed by atoms with Gasteiger partial charge in [0.1, 0.15) is 29.7 Å². The first kappa shape index (κ1) is 21.1. The Bertz CT molecular complexity index is 1140. The molecular formula is C26H22BrFO4. The molecule has 32 heavy (non-hydrogen) atoms. The lowest BCUT2D eigenvalue weighted by Gasteiger charge is -2.36. The van der Waals surface area contributed by atoms with Crippen LogP contribution in [-0.4, -0.2) is 11.6 Å². The topological polar surface area (TPSA) is 52.6 Å². The van der Waals surface area contributed by atoms with Crippen molar-refractivity contribution in [1.29, 1.82) is 0 Å².